The van der Waals surface area contributed by atoms with Crippen LogP contribution in [0.5, 0.6) is 0 Å². The van der Waals surface area contributed by atoms with Gasteiger partial charge in [-0.15, -0.1) is 0 Å². The highest BCUT2D eigenvalue weighted by atomic mass is 32.2. The number of nitrogens with one attached hydrogen (secondary N) is 1. The van der Waals surface area contributed by atoms with Crippen LogP contribution in [0.1, 0.15) is 17.0 Å². The monoisotopic (exact) mass is 482 g/mol. The minimum atomic E-state index is -3.84. The van der Waals surface area contributed by atoms with E-state index in [1.165, 1.54) is 36.4 Å². The molecule has 0 unspecified atom stereocenters. The first-order valence-corrected chi connectivity index (χ1v) is 11.5. The Morgan fingerprint density at radius 2 is 1.65 bits per heavy atom. The second-order valence-corrected chi connectivity index (χ2v) is 9.20. The molecule has 11 heteroatoms. The van der Waals surface area contributed by atoms with Crippen molar-refractivity contribution in [2.75, 3.05) is 4.90 Å². The Morgan fingerprint density at radius 1 is 0.971 bits per heavy atom. The Kier molecular flexibility index (Phi) is 5.67. The van der Waals surface area contributed by atoms with E-state index in [1.54, 1.807) is 36.6 Å². The molecule has 2 aromatic carbocycles. The quantitative estimate of drug-likeness (QED) is 0.436. The van der Waals surface area contributed by atoms with Gasteiger partial charge in [0.25, 0.3) is 11.8 Å². The minimum absolute atomic E-state index is 0.0127. The number of amides is 4. The highest BCUT2D eigenvalue weighted by molar-refractivity contribution is 7.89. The lowest BCUT2D eigenvalue weighted by Gasteiger charge is -2.26. The van der Waals surface area contributed by atoms with Crippen molar-refractivity contribution in [3.05, 3.63) is 82.9 Å². The number of benzene rings is 2. The van der Waals surface area contributed by atoms with Crippen LogP contribution < -0.4 is 15.4 Å². The van der Waals surface area contributed by atoms with Crippen LogP contribution in [0.4, 0.5) is 14.9 Å². The van der Waals surface area contributed by atoms with Crippen LogP contribution in [0.25, 0.3) is 11.8 Å². The first-order valence-electron chi connectivity index (χ1n) is 9.96. The maximum atomic E-state index is 13.7. The summed E-state index contributed by atoms with van der Waals surface area (Å²) in [5.41, 5.74) is 2.26. The van der Waals surface area contributed by atoms with Gasteiger partial charge in [0.15, 0.2) is 0 Å². The largest absolute Gasteiger partial charge is 0.335 e. The average molecular weight is 482 g/mol. The lowest BCUT2D eigenvalue weighted by molar-refractivity contribution is -0.122. The van der Waals surface area contributed by atoms with E-state index >= 15 is 0 Å². The van der Waals surface area contributed by atoms with Gasteiger partial charge in [-0.3, -0.25) is 14.9 Å². The van der Waals surface area contributed by atoms with Gasteiger partial charge >= 0.3 is 6.03 Å². The van der Waals surface area contributed by atoms with Gasteiger partial charge in [-0.05, 0) is 74.0 Å². The molecule has 1 aliphatic heterocycles. The fraction of sp³-hybridized carbons (Fsp3) is 0.0870. The van der Waals surface area contributed by atoms with E-state index in [1.807, 2.05) is 0 Å². The topological polar surface area (TPSA) is 132 Å². The Balaban J connectivity index is 1.74. The summed E-state index contributed by atoms with van der Waals surface area (Å²) in [5, 5.41) is 7.25. The second-order valence-electron chi connectivity index (χ2n) is 7.64. The molecule has 4 rings (SSSR count). The highest BCUT2D eigenvalue weighted by Crippen LogP contribution is 2.26. The fourth-order valence-corrected chi connectivity index (χ4v) is 4.29. The zero-order valence-corrected chi connectivity index (χ0v) is 18.9. The van der Waals surface area contributed by atoms with Gasteiger partial charge in [0, 0.05) is 17.1 Å². The van der Waals surface area contributed by atoms with Gasteiger partial charge in [-0.1, -0.05) is 6.07 Å². The van der Waals surface area contributed by atoms with Gasteiger partial charge < -0.3 is 4.57 Å². The van der Waals surface area contributed by atoms with Gasteiger partial charge in [0.05, 0.1) is 10.6 Å². The zero-order chi connectivity index (χ0) is 24.8. The maximum Gasteiger partial charge on any atom is 0.335 e. The summed E-state index contributed by atoms with van der Waals surface area (Å²) in [6, 6.07) is 11.6. The number of anilines is 1. The van der Waals surface area contributed by atoms with E-state index in [0.29, 0.717) is 21.8 Å². The summed E-state index contributed by atoms with van der Waals surface area (Å²) >= 11 is 0. The normalized spacial score (nSPS) is 15.7. The van der Waals surface area contributed by atoms with Crippen molar-refractivity contribution in [2.24, 2.45) is 5.14 Å². The predicted octanol–water partition coefficient (Wildman–Crippen LogP) is 2.55. The number of imide groups is 2. The summed E-state index contributed by atoms with van der Waals surface area (Å²) in [6.07, 6.45) is 1.36. The number of barbiturate groups is 1. The third-order valence-electron chi connectivity index (χ3n) is 5.36. The van der Waals surface area contributed by atoms with Crippen molar-refractivity contribution in [1.29, 1.82) is 0 Å². The van der Waals surface area contributed by atoms with Crippen molar-refractivity contribution in [1.82, 2.24) is 9.88 Å². The molecule has 9 nitrogen and oxygen atoms in total. The van der Waals surface area contributed by atoms with Gasteiger partial charge in [-0.2, -0.15) is 0 Å². The second kappa shape index (κ2) is 8.36. The van der Waals surface area contributed by atoms with Crippen molar-refractivity contribution in [3.63, 3.8) is 0 Å². The highest BCUT2D eigenvalue weighted by Gasteiger charge is 2.37. The number of carbonyl (C=O) groups excluding carboxylic acids is 3. The van der Waals surface area contributed by atoms with Crippen LogP contribution >= 0.6 is 0 Å². The molecule has 34 heavy (non-hydrogen) atoms. The van der Waals surface area contributed by atoms with Crippen LogP contribution in [0, 0.1) is 19.7 Å². The van der Waals surface area contributed by atoms with E-state index in [0.717, 1.165) is 11.8 Å². The van der Waals surface area contributed by atoms with E-state index < -0.39 is 33.7 Å². The van der Waals surface area contributed by atoms with E-state index in [2.05, 4.69) is 5.32 Å². The van der Waals surface area contributed by atoms with Crippen molar-refractivity contribution >= 4 is 39.6 Å². The molecule has 3 N–H and O–H groups in total. The van der Waals surface area contributed by atoms with Crippen LogP contribution in [-0.4, -0.2) is 30.8 Å². The SMILES string of the molecule is Cc1cc(/C=C2\C(=O)NC(=O)N(c3cccc(F)c3)C2=O)c(C)n1-c1ccc(S(N)(=O)=O)cc1. The fourth-order valence-electron chi connectivity index (χ4n) is 3.78. The number of carbonyl (C=O) groups is 3. The Bertz CT molecular complexity index is 1490. The maximum absolute atomic E-state index is 13.7. The van der Waals surface area contributed by atoms with E-state index in [4.69, 9.17) is 5.14 Å². The van der Waals surface area contributed by atoms with Gasteiger partial charge in [0.2, 0.25) is 10.0 Å². The third kappa shape index (κ3) is 4.14. The van der Waals surface area contributed by atoms with Crippen LogP contribution in [0.2, 0.25) is 0 Å². The molecule has 0 saturated carbocycles. The molecular formula is C23H19FN4O5S. The zero-order valence-electron chi connectivity index (χ0n) is 18.1. The Hall–Kier alpha value is -4.09. The molecule has 1 saturated heterocycles. The summed E-state index contributed by atoms with van der Waals surface area (Å²) in [6.45, 7) is 3.56. The van der Waals surface area contributed by atoms with Gasteiger partial charge in [-0.25, -0.2) is 27.6 Å². The number of hydrogen-bond acceptors (Lipinski definition) is 5. The van der Waals surface area contributed by atoms with Crippen LogP contribution in [0.3, 0.4) is 0 Å². The predicted molar refractivity (Wildman–Crippen MR) is 122 cm³/mol. The molecule has 0 aliphatic carbocycles. The number of aryl methyl sites for hydroxylation is 1. The van der Waals surface area contributed by atoms with Crippen molar-refractivity contribution < 1.29 is 27.2 Å². The molecule has 2 heterocycles. The van der Waals surface area contributed by atoms with Gasteiger partial charge in [0.1, 0.15) is 11.4 Å². The number of nitrogens with two attached hydrogens (primary N) is 1. The Labute approximate surface area is 194 Å². The number of aromatic nitrogens is 1. The number of nitrogens with zero attached hydrogens (tertiary/aromatic N) is 2. The van der Waals surface area contributed by atoms with Crippen molar-refractivity contribution in [2.45, 2.75) is 18.7 Å². The van der Waals surface area contributed by atoms with E-state index in [9.17, 15) is 27.2 Å². The van der Waals surface area contributed by atoms with Crippen LogP contribution in [-0.2, 0) is 19.6 Å². The average Bonchev–Trinajstić information content (AvgIpc) is 3.03. The number of rotatable bonds is 4. The molecule has 0 atom stereocenters. The van der Waals surface area contributed by atoms with E-state index in [-0.39, 0.29) is 16.2 Å². The molecule has 4 amide bonds. The minimum Gasteiger partial charge on any atom is -0.318 e. The molecule has 1 aromatic heterocycles. The standard InChI is InChI=1S/C23H19FN4O5S/c1-13-10-15(14(2)27(13)17-6-8-19(9-7-17)34(25,32)33)11-20-21(29)26-23(31)28(22(20)30)18-5-3-4-16(24)12-18/h3-12H,1-2H3,(H2,25,32,33)(H,26,29,31)/b20-11+. The van der Waals surface area contributed by atoms with Crippen molar-refractivity contribution in [3.8, 4) is 5.69 Å². The first-order chi connectivity index (χ1) is 16.0. The summed E-state index contributed by atoms with van der Waals surface area (Å²) in [4.78, 5) is 38.5. The Morgan fingerprint density at radius 3 is 2.26 bits per heavy atom. The smallest absolute Gasteiger partial charge is 0.318 e. The third-order valence-corrected chi connectivity index (χ3v) is 6.29. The number of halogens is 1. The number of hydrogen-bond donors (Lipinski definition) is 2. The molecule has 0 radical (unpaired) electrons. The first kappa shape index (κ1) is 23.1. The summed E-state index contributed by atoms with van der Waals surface area (Å²) in [5.74, 6) is -2.40. The molecule has 1 aliphatic rings. The number of sulfonamides is 1. The lowest BCUT2D eigenvalue weighted by atomic mass is 10.1. The molecule has 3 aromatic rings. The van der Waals surface area contributed by atoms with Crippen LogP contribution in [0.15, 0.2) is 65.1 Å². The molecule has 0 bridgehead atoms. The number of urea groups is 1. The summed E-state index contributed by atoms with van der Waals surface area (Å²) < 4.78 is 38.5. The molecule has 174 valence electrons. The molecule has 1 fully saturated rings. The molecular weight excluding hydrogens is 463 g/mol. The lowest BCUT2D eigenvalue weighted by Crippen LogP contribution is -2.54. The summed E-state index contributed by atoms with van der Waals surface area (Å²) in [7, 11) is -3.84. The molecule has 0 spiro atoms. The number of primary sulfonamides is 1.